The molecule has 33 heavy (non-hydrogen) atoms. The lowest BCUT2D eigenvalue weighted by Gasteiger charge is -2.25. The number of amides is 1. The summed E-state index contributed by atoms with van der Waals surface area (Å²) in [4.78, 5) is 35.7. The number of benzene rings is 1. The summed E-state index contributed by atoms with van der Waals surface area (Å²) in [7, 11) is 0. The fourth-order valence-corrected chi connectivity index (χ4v) is 4.19. The fourth-order valence-electron chi connectivity index (χ4n) is 4.19. The average Bonchev–Trinajstić information content (AvgIpc) is 3.46. The number of aliphatic hydroxyl groups is 1. The summed E-state index contributed by atoms with van der Waals surface area (Å²) in [6.07, 6.45) is 9.06. The number of nitrogens with zero attached hydrogens (tertiary/aromatic N) is 4. The van der Waals surface area contributed by atoms with Gasteiger partial charge in [0.1, 0.15) is 19.0 Å². The topological polar surface area (TPSA) is 107 Å². The minimum atomic E-state index is -0.719. The number of Topliss-reactive ketones (excluding diaryl/α,β-unsaturated/α-hetero) is 1. The number of aryl methyl sites for hydroxylation is 1. The summed E-state index contributed by atoms with van der Waals surface area (Å²) < 4.78 is 13.1. The van der Waals surface area contributed by atoms with E-state index in [1.807, 2.05) is 10.8 Å². The molecule has 0 bridgehead atoms. The van der Waals surface area contributed by atoms with Crippen molar-refractivity contribution in [2.75, 3.05) is 19.8 Å². The van der Waals surface area contributed by atoms with Gasteiger partial charge in [-0.2, -0.15) is 0 Å². The largest absolute Gasteiger partial charge is 0.507 e. The van der Waals surface area contributed by atoms with E-state index in [-0.39, 0.29) is 11.3 Å². The quantitative estimate of drug-likeness (QED) is 0.352. The van der Waals surface area contributed by atoms with Crippen LogP contribution in [-0.2, 0) is 16.1 Å². The highest BCUT2D eigenvalue weighted by Crippen LogP contribution is 2.41. The van der Waals surface area contributed by atoms with Crippen molar-refractivity contribution < 1.29 is 24.2 Å². The number of carbonyl (C=O) groups is 2. The van der Waals surface area contributed by atoms with Gasteiger partial charge in [-0.05, 0) is 42.3 Å². The number of ketones is 1. The van der Waals surface area contributed by atoms with Crippen LogP contribution < -0.4 is 9.47 Å². The minimum absolute atomic E-state index is 0.0468. The summed E-state index contributed by atoms with van der Waals surface area (Å²) in [5.41, 5.74) is 1.13. The monoisotopic (exact) mass is 446 g/mol. The highest BCUT2D eigenvalue weighted by atomic mass is 16.6. The molecule has 4 heterocycles. The number of aliphatic hydroxyl groups excluding tert-OH is 1. The Morgan fingerprint density at radius 1 is 1.00 bits per heavy atom. The molecule has 1 amide bonds. The second-order valence-corrected chi connectivity index (χ2v) is 7.79. The maximum absolute atomic E-state index is 13.1. The van der Waals surface area contributed by atoms with E-state index in [9.17, 15) is 14.7 Å². The first-order chi connectivity index (χ1) is 16.1. The predicted octanol–water partition coefficient (Wildman–Crippen LogP) is 2.56. The molecule has 1 fully saturated rings. The van der Waals surface area contributed by atoms with Crippen molar-refractivity contribution in [3.05, 3.63) is 78.1 Å². The first kappa shape index (κ1) is 20.7. The van der Waals surface area contributed by atoms with Crippen LogP contribution in [-0.4, -0.2) is 56.0 Å². The summed E-state index contributed by atoms with van der Waals surface area (Å²) in [6, 6.07) is 7.74. The molecule has 9 nitrogen and oxygen atoms in total. The van der Waals surface area contributed by atoms with Crippen LogP contribution in [0.2, 0.25) is 0 Å². The zero-order chi connectivity index (χ0) is 22.8. The third kappa shape index (κ3) is 3.93. The lowest BCUT2D eigenvalue weighted by Crippen LogP contribution is -2.31. The second-order valence-electron chi connectivity index (χ2n) is 7.79. The van der Waals surface area contributed by atoms with Crippen molar-refractivity contribution in [3.63, 3.8) is 0 Å². The predicted molar refractivity (Wildman–Crippen MR) is 118 cm³/mol. The van der Waals surface area contributed by atoms with Crippen LogP contribution in [0.3, 0.4) is 0 Å². The van der Waals surface area contributed by atoms with Crippen LogP contribution in [0.25, 0.3) is 5.76 Å². The zero-order valence-electron chi connectivity index (χ0n) is 17.8. The highest BCUT2D eigenvalue weighted by molar-refractivity contribution is 6.46. The molecule has 1 N–H and O–H groups in total. The van der Waals surface area contributed by atoms with E-state index in [2.05, 4.69) is 9.97 Å². The molecule has 9 heteroatoms. The lowest BCUT2D eigenvalue weighted by molar-refractivity contribution is -0.139. The number of carbonyl (C=O) groups excluding carboxylic acids is 2. The van der Waals surface area contributed by atoms with E-state index in [1.165, 1.54) is 4.90 Å². The van der Waals surface area contributed by atoms with Crippen LogP contribution in [0, 0.1) is 0 Å². The standard InChI is InChI=1S/C24H22N4O5/c29-22(17-2-3-18-19(14-17)33-13-12-32-18)20-21(16-4-6-25-7-5-16)28(24(31)23(20)30)10-1-9-27-11-8-26-15-27/h2-8,11,14-15,21,29H,1,9-10,12-13H2. The first-order valence-corrected chi connectivity index (χ1v) is 10.7. The van der Waals surface area contributed by atoms with Crippen molar-refractivity contribution in [2.24, 2.45) is 0 Å². The third-order valence-corrected chi connectivity index (χ3v) is 5.75. The number of fused-ring (bicyclic) bond motifs is 1. The Hall–Kier alpha value is -4.14. The molecule has 3 aromatic rings. The SMILES string of the molecule is O=C1C(=O)N(CCCn2ccnc2)C(c2ccncc2)C1=C(O)c1ccc2c(c1)OCCO2. The molecule has 1 unspecified atom stereocenters. The number of rotatable bonds is 6. The minimum Gasteiger partial charge on any atom is -0.507 e. The van der Waals surface area contributed by atoms with Gasteiger partial charge in [0.2, 0.25) is 0 Å². The van der Waals surface area contributed by atoms with E-state index in [4.69, 9.17) is 9.47 Å². The number of imidazole rings is 1. The van der Waals surface area contributed by atoms with E-state index in [0.29, 0.717) is 55.4 Å². The van der Waals surface area contributed by atoms with Crippen LogP contribution >= 0.6 is 0 Å². The van der Waals surface area contributed by atoms with Gasteiger partial charge in [-0.1, -0.05) is 0 Å². The number of hydrogen-bond acceptors (Lipinski definition) is 7. The molecule has 2 aromatic heterocycles. The Kier molecular flexibility index (Phi) is 5.52. The molecular formula is C24H22N4O5. The molecule has 0 aliphatic carbocycles. The van der Waals surface area contributed by atoms with Crippen molar-refractivity contribution in [2.45, 2.75) is 19.0 Å². The van der Waals surface area contributed by atoms with Crippen molar-refractivity contribution in [3.8, 4) is 11.5 Å². The molecule has 168 valence electrons. The fraction of sp³-hybridized carbons (Fsp3) is 0.250. The van der Waals surface area contributed by atoms with Gasteiger partial charge < -0.3 is 24.0 Å². The van der Waals surface area contributed by atoms with Gasteiger partial charge in [0, 0.05) is 43.4 Å². The van der Waals surface area contributed by atoms with Crippen LogP contribution in [0.15, 0.2) is 67.0 Å². The molecule has 2 aliphatic rings. The normalized spacial score (nSPS) is 19.2. The molecule has 2 aliphatic heterocycles. The summed E-state index contributed by atoms with van der Waals surface area (Å²) >= 11 is 0. The molecule has 0 saturated carbocycles. The molecule has 0 radical (unpaired) electrons. The lowest BCUT2D eigenvalue weighted by atomic mass is 9.95. The van der Waals surface area contributed by atoms with Gasteiger partial charge in [-0.25, -0.2) is 4.98 Å². The number of aromatic nitrogens is 3. The molecular weight excluding hydrogens is 424 g/mol. The Bertz CT molecular complexity index is 1210. The van der Waals surface area contributed by atoms with Crippen LogP contribution in [0.1, 0.15) is 23.6 Å². The summed E-state index contributed by atoms with van der Waals surface area (Å²) in [5, 5.41) is 11.2. The summed E-state index contributed by atoms with van der Waals surface area (Å²) in [6.45, 7) is 1.84. The van der Waals surface area contributed by atoms with Gasteiger partial charge >= 0.3 is 0 Å². The molecule has 1 aromatic carbocycles. The van der Waals surface area contributed by atoms with Crippen molar-refractivity contribution >= 4 is 17.4 Å². The Labute approximate surface area is 189 Å². The average molecular weight is 446 g/mol. The smallest absolute Gasteiger partial charge is 0.295 e. The number of pyridine rings is 1. The van der Waals surface area contributed by atoms with E-state index < -0.39 is 17.7 Å². The molecule has 1 atom stereocenters. The van der Waals surface area contributed by atoms with Crippen molar-refractivity contribution in [1.82, 2.24) is 19.4 Å². The Balaban J connectivity index is 1.52. The van der Waals surface area contributed by atoms with E-state index in [1.54, 1.807) is 55.2 Å². The van der Waals surface area contributed by atoms with Crippen LogP contribution in [0.5, 0.6) is 11.5 Å². The van der Waals surface area contributed by atoms with E-state index in [0.717, 1.165) is 0 Å². The Morgan fingerprint density at radius 2 is 1.79 bits per heavy atom. The third-order valence-electron chi connectivity index (χ3n) is 5.75. The molecule has 0 spiro atoms. The number of hydrogen-bond donors (Lipinski definition) is 1. The number of likely N-dealkylation sites (tertiary alicyclic amines) is 1. The second kappa shape index (κ2) is 8.78. The first-order valence-electron chi connectivity index (χ1n) is 10.7. The summed E-state index contributed by atoms with van der Waals surface area (Å²) in [5.74, 6) is -0.540. The highest BCUT2D eigenvalue weighted by Gasteiger charge is 2.45. The zero-order valence-corrected chi connectivity index (χ0v) is 17.8. The maximum Gasteiger partial charge on any atom is 0.295 e. The Morgan fingerprint density at radius 3 is 2.55 bits per heavy atom. The van der Waals surface area contributed by atoms with Gasteiger partial charge in [-0.3, -0.25) is 14.6 Å². The van der Waals surface area contributed by atoms with Gasteiger partial charge in [0.05, 0.1) is 17.9 Å². The van der Waals surface area contributed by atoms with Gasteiger partial charge in [0.15, 0.2) is 11.5 Å². The van der Waals surface area contributed by atoms with Crippen LogP contribution in [0.4, 0.5) is 0 Å². The van der Waals surface area contributed by atoms with Crippen molar-refractivity contribution in [1.29, 1.82) is 0 Å². The molecule has 5 rings (SSSR count). The van der Waals surface area contributed by atoms with E-state index >= 15 is 0 Å². The number of ether oxygens (including phenoxy) is 2. The maximum atomic E-state index is 13.1. The molecule has 1 saturated heterocycles. The van der Waals surface area contributed by atoms with Gasteiger partial charge in [0.25, 0.3) is 11.7 Å². The van der Waals surface area contributed by atoms with Gasteiger partial charge in [-0.15, -0.1) is 0 Å².